The fourth-order valence-corrected chi connectivity index (χ4v) is 1.42. The molecular formula is C13H16N4O2. The number of nitrogens with two attached hydrogens (primary N) is 1. The summed E-state index contributed by atoms with van der Waals surface area (Å²) in [5, 5.41) is 4.13. The van der Waals surface area contributed by atoms with Crippen LogP contribution in [0.3, 0.4) is 0 Å². The second-order valence-electron chi connectivity index (χ2n) is 5.10. The van der Waals surface area contributed by atoms with Gasteiger partial charge in [0, 0.05) is 6.20 Å². The molecule has 2 aromatic rings. The van der Waals surface area contributed by atoms with Crippen LogP contribution in [-0.2, 0) is 4.74 Å². The molecule has 0 saturated carbocycles. The van der Waals surface area contributed by atoms with Crippen molar-refractivity contribution >= 4 is 11.7 Å². The van der Waals surface area contributed by atoms with E-state index in [4.69, 9.17) is 10.5 Å². The molecule has 2 heterocycles. The van der Waals surface area contributed by atoms with Crippen LogP contribution in [0.2, 0.25) is 0 Å². The average molecular weight is 260 g/mol. The zero-order valence-corrected chi connectivity index (χ0v) is 11.1. The summed E-state index contributed by atoms with van der Waals surface area (Å²) in [4.78, 5) is 15.9. The molecule has 0 amide bonds. The minimum atomic E-state index is -0.541. The first-order chi connectivity index (χ1) is 8.85. The van der Waals surface area contributed by atoms with Gasteiger partial charge in [0.1, 0.15) is 5.60 Å². The molecule has 0 aromatic carbocycles. The first-order valence-corrected chi connectivity index (χ1v) is 5.86. The van der Waals surface area contributed by atoms with Crippen molar-refractivity contribution in [1.82, 2.24) is 14.8 Å². The highest BCUT2D eigenvalue weighted by Gasteiger charge is 2.20. The summed E-state index contributed by atoms with van der Waals surface area (Å²) in [6.07, 6.45) is 3.18. The third-order valence-electron chi connectivity index (χ3n) is 2.20. The number of pyridine rings is 1. The van der Waals surface area contributed by atoms with E-state index in [1.807, 2.05) is 20.8 Å². The molecule has 6 heteroatoms. The Balaban J connectivity index is 2.19. The lowest BCUT2D eigenvalue weighted by molar-refractivity contribution is 0.00624. The topological polar surface area (TPSA) is 83.0 Å². The number of hydrogen-bond donors (Lipinski definition) is 1. The lowest BCUT2D eigenvalue weighted by Crippen LogP contribution is -2.24. The van der Waals surface area contributed by atoms with E-state index in [2.05, 4.69) is 10.1 Å². The number of carbonyl (C=O) groups is 1. The number of hydrogen-bond acceptors (Lipinski definition) is 5. The van der Waals surface area contributed by atoms with Crippen molar-refractivity contribution < 1.29 is 9.53 Å². The van der Waals surface area contributed by atoms with E-state index in [0.29, 0.717) is 11.5 Å². The van der Waals surface area contributed by atoms with E-state index in [1.54, 1.807) is 24.4 Å². The number of carbonyl (C=O) groups excluding carboxylic acids is 1. The summed E-state index contributed by atoms with van der Waals surface area (Å²) >= 11 is 0. The molecule has 19 heavy (non-hydrogen) atoms. The van der Waals surface area contributed by atoms with Gasteiger partial charge in [0.2, 0.25) is 0 Å². The van der Waals surface area contributed by atoms with Crippen LogP contribution in [0.15, 0.2) is 30.6 Å². The number of ether oxygens (including phenoxy) is 1. The van der Waals surface area contributed by atoms with E-state index < -0.39 is 11.6 Å². The molecular weight excluding hydrogens is 244 g/mol. The third kappa shape index (κ3) is 3.31. The van der Waals surface area contributed by atoms with Crippen molar-refractivity contribution in [2.75, 3.05) is 5.73 Å². The van der Waals surface area contributed by atoms with Crippen LogP contribution in [0, 0.1) is 0 Å². The molecule has 0 saturated heterocycles. The number of rotatable bonds is 2. The van der Waals surface area contributed by atoms with E-state index in [9.17, 15) is 4.79 Å². The molecule has 0 fully saturated rings. The van der Waals surface area contributed by atoms with Crippen LogP contribution < -0.4 is 5.73 Å². The molecule has 0 aliphatic heterocycles. The first-order valence-electron chi connectivity index (χ1n) is 5.86. The van der Waals surface area contributed by atoms with Gasteiger partial charge in [0.05, 0.1) is 11.9 Å². The van der Waals surface area contributed by atoms with E-state index in [0.717, 1.165) is 0 Å². The molecule has 6 nitrogen and oxygen atoms in total. The van der Waals surface area contributed by atoms with Crippen molar-refractivity contribution in [2.24, 2.45) is 0 Å². The third-order valence-corrected chi connectivity index (χ3v) is 2.20. The van der Waals surface area contributed by atoms with Crippen molar-refractivity contribution in [2.45, 2.75) is 26.4 Å². The predicted octanol–water partition coefficient (Wildman–Crippen LogP) is 1.80. The Hall–Kier alpha value is -2.37. The molecule has 2 N–H and O–H groups in total. The lowest BCUT2D eigenvalue weighted by atomic mass is 10.2. The minimum absolute atomic E-state index is 0.244. The van der Waals surface area contributed by atoms with E-state index >= 15 is 0 Å². The molecule has 0 bridgehead atoms. The minimum Gasteiger partial charge on any atom is -0.455 e. The number of esters is 1. The van der Waals surface area contributed by atoms with Crippen molar-refractivity contribution in [3.8, 4) is 5.82 Å². The molecule has 0 spiro atoms. The highest BCUT2D eigenvalue weighted by molar-refractivity contribution is 5.87. The molecule has 0 unspecified atom stereocenters. The lowest BCUT2D eigenvalue weighted by Gasteiger charge is -2.18. The summed E-state index contributed by atoms with van der Waals surface area (Å²) < 4.78 is 6.74. The number of anilines is 1. The summed E-state index contributed by atoms with van der Waals surface area (Å²) in [5.74, 6) is 0.130. The Morgan fingerprint density at radius 2 is 2.05 bits per heavy atom. The second-order valence-corrected chi connectivity index (χ2v) is 5.10. The monoisotopic (exact) mass is 260 g/mol. The second kappa shape index (κ2) is 4.72. The van der Waals surface area contributed by atoms with Gasteiger partial charge in [-0.25, -0.2) is 14.5 Å². The van der Waals surface area contributed by atoms with Crippen LogP contribution in [-0.4, -0.2) is 26.3 Å². The molecule has 100 valence electrons. The Morgan fingerprint density at radius 3 is 2.63 bits per heavy atom. The van der Waals surface area contributed by atoms with Crippen molar-refractivity contribution in [1.29, 1.82) is 0 Å². The molecule has 0 aliphatic rings. The number of aromatic nitrogens is 3. The van der Waals surface area contributed by atoms with Gasteiger partial charge in [0.15, 0.2) is 11.5 Å². The maximum Gasteiger partial charge on any atom is 0.359 e. The Labute approximate surface area is 111 Å². The molecule has 0 aliphatic carbocycles. The highest BCUT2D eigenvalue weighted by atomic mass is 16.6. The molecule has 0 radical (unpaired) electrons. The van der Waals surface area contributed by atoms with Crippen LogP contribution in [0.5, 0.6) is 0 Å². The average Bonchev–Trinajstić information content (AvgIpc) is 2.77. The zero-order valence-electron chi connectivity index (χ0n) is 11.1. The first kappa shape index (κ1) is 13.1. The molecule has 2 aromatic heterocycles. The van der Waals surface area contributed by atoms with Gasteiger partial charge in [-0.1, -0.05) is 0 Å². The Morgan fingerprint density at radius 1 is 1.32 bits per heavy atom. The van der Waals surface area contributed by atoms with Gasteiger partial charge < -0.3 is 10.5 Å². The smallest absolute Gasteiger partial charge is 0.359 e. The van der Waals surface area contributed by atoms with Crippen molar-refractivity contribution in [3.63, 3.8) is 0 Å². The van der Waals surface area contributed by atoms with Crippen molar-refractivity contribution in [3.05, 3.63) is 36.3 Å². The Kier molecular flexibility index (Phi) is 3.25. The predicted molar refractivity (Wildman–Crippen MR) is 70.9 cm³/mol. The quantitative estimate of drug-likeness (QED) is 0.832. The fraction of sp³-hybridized carbons (Fsp3) is 0.308. The molecule has 2 rings (SSSR count). The van der Waals surface area contributed by atoms with Gasteiger partial charge in [-0.05, 0) is 39.0 Å². The summed E-state index contributed by atoms with van der Waals surface area (Å²) in [7, 11) is 0. The number of nitrogen functional groups attached to an aromatic ring is 1. The summed E-state index contributed by atoms with van der Waals surface area (Å²) in [6.45, 7) is 5.43. The maximum absolute atomic E-state index is 11.8. The SMILES string of the molecule is CC(C)(C)OC(=O)c1ccn(-c2ccc(N)cn2)n1. The zero-order chi connectivity index (χ0) is 14.0. The fourth-order valence-electron chi connectivity index (χ4n) is 1.42. The summed E-state index contributed by atoms with van der Waals surface area (Å²) in [6, 6.07) is 5.03. The van der Waals surface area contributed by atoms with Gasteiger partial charge in [0.25, 0.3) is 0 Å². The van der Waals surface area contributed by atoms with Gasteiger partial charge >= 0.3 is 5.97 Å². The van der Waals surface area contributed by atoms with Crippen LogP contribution in [0.25, 0.3) is 5.82 Å². The van der Waals surface area contributed by atoms with E-state index in [1.165, 1.54) is 10.9 Å². The van der Waals surface area contributed by atoms with E-state index in [-0.39, 0.29) is 5.69 Å². The van der Waals surface area contributed by atoms with Crippen LogP contribution >= 0.6 is 0 Å². The van der Waals surface area contributed by atoms with Crippen LogP contribution in [0.4, 0.5) is 5.69 Å². The normalized spacial score (nSPS) is 11.3. The molecule has 0 atom stereocenters. The van der Waals surface area contributed by atoms with Gasteiger partial charge in [-0.15, -0.1) is 0 Å². The van der Waals surface area contributed by atoms with Gasteiger partial charge in [-0.3, -0.25) is 0 Å². The Bertz CT molecular complexity index is 581. The summed E-state index contributed by atoms with van der Waals surface area (Å²) in [5.41, 5.74) is 5.84. The van der Waals surface area contributed by atoms with Crippen LogP contribution in [0.1, 0.15) is 31.3 Å². The van der Waals surface area contributed by atoms with Gasteiger partial charge in [-0.2, -0.15) is 5.10 Å². The number of nitrogens with zero attached hydrogens (tertiary/aromatic N) is 3. The maximum atomic E-state index is 11.8. The largest absolute Gasteiger partial charge is 0.455 e. The standard InChI is InChI=1S/C13H16N4O2/c1-13(2,3)19-12(18)10-6-7-17(16-10)11-5-4-9(14)8-15-11/h4-8H,14H2,1-3H3. The highest BCUT2D eigenvalue weighted by Crippen LogP contribution is 2.12.